The molecule has 17 heavy (non-hydrogen) atoms. The van der Waals surface area contributed by atoms with E-state index in [0.717, 1.165) is 5.56 Å². The third-order valence-electron chi connectivity index (χ3n) is 2.90. The maximum Gasteiger partial charge on any atom is 0.161 e. The quantitative estimate of drug-likeness (QED) is 0.788. The van der Waals surface area contributed by atoms with Crippen LogP contribution in [0.25, 0.3) is 0 Å². The monoisotopic (exact) mass is 236 g/mol. The molecule has 0 heterocycles. The van der Waals surface area contributed by atoms with Gasteiger partial charge in [0.05, 0.1) is 14.2 Å². The lowest BCUT2D eigenvalue weighted by molar-refractivity contribution is -0.123. The Bertz CT molecular complexity index is 396. The number of hydrogen-bond acceptors (Lipinski definition) is 3. The van der Waals surface area contributed by atoms with Crippen LogP contribution < -0.4 is 9.47 Å². The Morgan fingerprint density at radius 2 is 1.65 bits per heavy atom. The van der Waals surface area contributed by atoms with Gasteiger partial charge < -0.3 is 9.47 Å². The summed E-state index contributed by atoms with van der Waals surface area (Å²) in [6, 6.07) is 5.61. The van der Waals surface area contributed by atoms with Gasteiger partial charge in [-0.25, -0.2) is 0 Å². The minimum absolute atomic E-state index is 0.0399. The van der Waals surface area contributed by atoms with Crippen LogP contribution in [0.3, 0.4) is 0 Å². The van der Waals surface area contributed by atoms with Gasteiger partial charge in [-0.15, -0.1) is 0 Å². The Labute approximate surface area is 103 Å². The SMILES string of the molecule is COc1ccc([C@@H](C)C(=O)C(C)C)cc1OC. The largest absolute Gasteiger partial charge is 0.493 e. The molecule has 3 heteroatoms. The summed E-state index contributed by atoms with van der Waals surface area (Å²) < 4.78 is 10.4. The van der Waals surface area contributed by atoms with Gasteiger partial charge in [0.1, 0.15) is 5.78 Å². The minimum Gasteiger partial charge on any atom is -0.493 e. The highest BCUT2D eigenvalue weighted by molar-refractivity contribution is 5.87. The molecule has 0 aliphatic carbocycles. The van der Waals surface area contributed by atoms with Crippen LogP contribution in [0.2, 0.25) is 0 Å². The van der Waals surface area contributed by atoms with Crippen molar-refractivity contribution in [3.8, 4) is 11.5 Å². The molecular formula is C14H20O3. The second-order valence-electron chi connectivity index (χ2n) is 4.39. The fourth-order valence-corrected chi connectivity index (χ4v) is 1.79. The third-order valence-corrected chi connectivity index (χ3v) is 2.90. The second-order valence-corrected chi connectivity index (χ2v) is 4.39. The van der Waals surface area contributed by atoms with Crippen molar-refractivity contribution in [3.05, 3.63) is 23.8 Å². The molecule has 94 valence electrons. The molecular weight excluding hydrogens is 216 g/mol. The lowest BCUT2D eigenvalue weighted by atomic mass is 9.90. The predicted molar refractivity (Wildman–Crippen MR) is 67.8 cm³/mol. The van der Waals surface area contributed by atoms with E-state index in [0.29, 0.717) is 11.5 Å². The lowest BCUT2D eigenvalue weighted by Gasteiger charge is -2.15. The number of Topliss-reactive ketones (excluding diaryl/α,β-unsaturated/α-hetero) is 1. The van der Waals surface area contributed by atoms with Gasteiger partial charge in [0.2, 0.25) is 0 Å². The van der Waals surface area contributed by atoms with Crippen molar-refractivity contribution in [2.75, 3.05) is 14.2 Å². The lowest BCUT2D eigenvalue weighted by Crippen LogP contribution is -2.15. The second kappa shape index (κ2) is 5.71. The Hall–Kier alpha value is -1.51. The first kappa shape index (κ1) is 13.6. The van der Waals surface area contributed by atoms with Gasteiger partial charge in [0.25, 0.3) is 0 Å². The van der Waals surface area contributed by atoms with Crippen molar-refractivity contribution in [1.29, 1.82) is 0 Å². The molecule has 0 bridgehead atoms. The summed E-state index contributed by atoms with van der Waals surface area (Å²) in [5.41, 5.74) is 0.960. The summed E-state index contributed by atoms with van der Waals surface area (Å²) in [7, 11) is 3.19. The molecule has 1 rings (SSSR count). The van der Waals surface area contributed by atoms with Gasteiger partial charge in [-0.1, -0.05) is 26.8 Å². The molecule has 0 amide bonds. The van der Waals surface area contributed by atoms with E-state index in [4.69, 9.17) is 9.47 Å². The molecule has 1 atom stereocenters. The van der Waals surface area contributed by atoms with Gasteiger partial charge in [0, 0.05) is 11.8 Å². The number of rotatable bonds is 5. The Morgan fingerprint density at radius 1 is 1.06 bits per heavy atom. The summed E-state index contributed by atoms with van der Waals surface area (Å²) >= 11 is 0. The first-order chi connectivity index (χ1) is 8.01. The summed E-state index contributed by atoms with van der Waals surface area (Å²) in [4.78, 5) is 11.9. The molecule has 0 aliphatic heterocycles. The van der Waals surface area contributed by atoms with Gasteiger partial charge in [-0.05, 0) is 17.7 Å². The standard InChI is InChI=1S/C14H20O3/c1-9(2)14(15)10(3)11-6-7-12(16-4)13(8-11)17-5/h6-10H,1-5H3/t10-/m1/s1. The number of carbonyl (C=O) groups excluding carboxylic acids is 1. The van der Waals surface area contributed by atoms with Crippen LogP contribution in [-0.4, -0.2) is 20.0 Å². The van der Waals surface area contributed by atoms with Crippen LogP contribution in [0.1, 0.15) is 32.3 Å². The molecule has 0 fully saturated rings. The Balaban J connectivity index is 3.03. The molecule has 3 nitrogen and oxygen atoms in total. The number of hydrogen-bond donors (Lipinski definition) is 0. The van der Waals surface area contributed by atoms with E-state index in [2.05, 4.69) is 0 Å². The Kier molecular flexibility index (Phi) is 4.55. The van der Waals surface area contributed by atoms with E-state index >= 15 is 0 Å². The number of carbonyl (C=O) groups is 1. The zero-order valence-electron chi connectivity index (χ0n) is 11.1. The van der Waals surface area contributed by atoms with Crippen LogP contribution in [0.15, 0.2) is 18.2 Å². The first-order valence-corrected chi connectivity index (χ1v) is 5.76. The first-order valence-electron chi connectivity index (χ1n) is 5.76. The smallest absolute Gasteiger partial charge is 0.161 e. The number of methoxy groups -OCH3 is 2. The topological polar surface area (TPSA) is 35.5 Å². The van der Waals surface area contributed by atoms with Gasteiger partial charge >= 0.3 is 0 Å². The average Bonchev–Trinajstić information content (AvgIpc) is 2.35. The zero-order valence-corrected chi connectivity index (χ0v) is 11.1. The zero-order chi connectivity index (χ0) is 13.0. The molecule has 0 radical (unpaired) electrons. The maximum absolute atomic E-state index is 11.9. The summed E-state index contributed by atoms with van der Waals surface area (Å²) in [5, 5.41) is 0. The number of benzene rings is 1. The van der Waals surface area contributed by atoms with E-state index < -0.39 is 0 Å². The van der Waals surface area contributed by atoms with Crippen molar-refractivity contribution in [1.82, 2.24) is 0 Å². The van der Waals surface area contributed by atoms with Crippen molar-refractivity contribution in [3.63, 3.8) is 0 Å². The maximum atomic E-state index is 11.9. The van der Waals surface area contributed by atoms with Crippen LogP contribution in [0, 0.1) is 5.92 Å². The molecule has 0 spiro atoms. The predicted octanol–water partition coefficient (Wildman–Crippen LogP) is 3.03. The fourth-order valence-electron chi connectivity index (χ4n) is 1.79. The van der Waals surface area contributed by atoms with Crippen molar-refractivity contribution < 1.29 is 14.3 Å². The molecule has 1 aromatic rings. The summed E-state index contributed by atoms with van der Waals surface area (Å²) in [6.45, 7) is 5.75. The van der Waals surface area contributed by atoms with Gasteiger partial charge in [-0.3, -0.25) is 4.79 Å². The van der Waals surface area contributed by atoms with Crippen LogP contribution in [-0.2, 0) is 4.79 Å². The van der Waals surface area contributed by atoms with E-state index in [1.807, 2.05) is 39.0 Å². The highest BCUT2D eigenvalue weighted by Crippen LogP contribution is 2.31. The van der Waals surface area contributed by atoms with Crippen molar-refractivity contribution in [2.45, 2.75) is 26.7 Å². The van der Waals surface area contributed by atoms with Gasteiger partial charge in [-0.2, -0.15) is 0 Å². The van der Waals surface area contributed by atoms with E-state index in [9.17, 15) is 4.79 Å². The third kappa shape index (κ3) is 2.99. The normalized spacial score (nSPS) is 12.4. The number of ether oxygens (including phenoxy) is 2. The highest BCUT2D eigenvalue weighted by Gasteiger charge is 2.19. The molecule has 0 N–H and O–H groups in total. The Morgan fingerprint density at radius 3 is 2.12 bits per heavy atom. The highest BCUT2D eigenvalue weighted by atomic mass is 16.5. The van der Waals surface area contributed by atoms with E-state index in [1.54, 1.807) is 14.2 Å². The molecule has 0 saturated heterocycles. The van der Waals surface area contributed by atoms with E-state index in [1.165, 1.54) is 0 Å². The van der Waals surface area contributed by atoms with Crippen LogP contribution in [0.5, 0.6) is 11.5 Å². The fraction of sp³-hybridized carbons (Fsp3) is 0.500. The summed E-state index contributed by atoms with van der Waals surface area (Å²) in [6.07, 6.45) is 0. The molecule has 0 aromatic heterocycles. The summed E-state index contributed by atoms with van der Waals surface area (Å²) in [5.74, 6) is 1.50. The van der Waals surface area contributed by atoms with Crippen molar-refractivity contribution in [2.24, 2.45) is 5.92 Å². The van der Waals surface area contributed by atoms with Crippen LogP contribution >= 0.6 is 0 Å². The molecule has 0 saturated carbocycles. The van der Waals surface area contributed by atoms with Crippen LogP contribution in [0.4, 0.5) is 0 Å². The molecule has 0 aliphatic rings. The average molecular weight is 236 g/mol. The molecule has 0 unspecified atom stereocenters. The van der Waals surface area contributed by atoms with Crippen molar-refractivity contribution >= 4 is 5.78 Å². The minimum atomic E-state index is -0.116. The molecule has 1 aromatic carbocycles. The van der Waals surface area contributed by atoms with E-state index in [-0.39, 0.29) is 17.6 Å². The van der Waals surface area contributed by atoms with Gasteiger partial charge in [0.15, 0.2) is 11.5 Å². The number of ketones is 1.